The van der Waals surface area contributed by atoms with Crippen LogP contribution in [0.1, 0.15) is 32.6 Å². The molecule has 2 rings (SSSR count). The van der Waals surface area contributed by atoms with Crippen molar-refractivity contribution in [1.82, 2.24) is 24.5 Å². The Labute approximate surface area is 116 Å². The normalized spacial score (nSPS) is 10.6. The van der Waals surface area contributed by atoms with Crippen molar-refractivity contribution in [3.63, 3.8) is 0 Å². The molecule has 0 N–H and O–H groups in total. The molecule has 0 aromatic carbocycles. The summed E-state index contributed by atoms with van der Waals surface area (Å²) in [6.07, 6.45) is 9.50. The van der Waals surface area contributed by atoms with E-state index in [2.05, 4.69) is 26.9 Å². The van der Waals surface area contributed by atoms with E-state index in [0.29, 0.717) is 12.6 Å². The van der Waals surface area contributed by atoms with Crippen molar-refractivity contribution in [2.24, 2.45) is 0 Å². The van der Waals surface area contributed by atoms with E-state index >= 15 is 0 Å². The highest BCUT2D eigenvalue weighted by Crippen LogP contribution is 2.11. The third-order valence-electron chi connectivity index (χ3n) is 2.54. The number of aromatic nitrogens is 5. The van der Waals surface area contributed by atoms with E-state index in [4.69, 9.17) is 16.3 Å². The molecule has 0 saturated heterocycles. The molecule has 2 heterocycles. The fraction of sp³-hybridized carbons (Fsp3) is 0.500. The first-order chi connectivity index (χ1) is 9.29. The van der Waals surface area contributed by atoms with Crippen molar-refractivity contribution in [2.75, 3.05) is 6.61 Å². The van der Waals surface area contributed by atoms with Crippen LogP contribution in [-0.4, -0.2) is 31.1 Å². The van der Waals surface area contributed by atoms with Crippen LogP contribution in [0.4, 0.5) is 0 Å². The van der Waals surface area contributed by atoms with Gasteiger partial charge in [-0.3, -0.25) is 4.57 Å². The van der Waals surface area contributed by atoms with Crippen LogP contribution in [0.5, 0.6) is 6.01 Å². The molecule has 0 fully saturated rings. The molecule has 19 heavy (non-hydrogen) atoms. The SMILES string of the molecule is CCCCCCOc1nc(Cl)nc(-n2ccnc2)n1. The third-order valence-corrected chi connectivity index (χ3v) is 2.71. The first-order valence-corrected chi connectivity index (χ1v) is 6.70. The van der Waals surface area contributed by atoms with Crippen LogP contribution in [-0.2, 0) is 0 Å². The fourth-order valence-electron chi connectivity index (χ4n) is 1.57. The van der Waals surface area contributed by atoms with Gasteiger partial charge in [0.05, 0.1) is 6.61 Å². The van der Waals surface area contributed by atoms with Crippen molar-refractivity contribution >= 4 is 11.6 Å². The summed E-state index contributed by atoms with van der Waals surface area (Å²) in [6.45, 7) is 2.76. The third kappa shape index (κ3) is 4.17. The molecule has 0 atom stereocenters. The van der Waals surface area contributed by atoms with Crippen molar-refractivity contribution in [3.05, 3.63) is 24.0 Å². The van der Waals surface area contributed by atoms with Gasteiger partial charge < -0.3 is 4.74 Å². The molecule has 0 radical (unpaired) electrons. The van der Waals surface area contributed by atoms with E-state index in [1.807, 2.05) is 0 Å². The van der Waals surface area contributed by atoms with Gasteiger partial charge in [0.15, 0.2) is 0 Å². The summed E-state index contributed by atoms with van der Waals surface area (Å²) < 4.78 is 7.14. The van der Waals surface area contributed by atoms with Crippen molar-refractivity contribution in [3.8, 4) is 12.0 Å². The van der Waals surface area contributed by atoms with Gasteiger partial charge in [-0.1, -0.05) is 26.2 Å². The molecule has 2 aromatic heterocycles. The number of hydrogen-bond donors (Lipinski definition) is 0. The first-order valence-electron chi connectivity index (χ1n) is 6.32. The summed E-state index contributed by atoms with van der Waals surface area (Å²) in [5, 5.41) is 0.113. The van der Waals surface area contributed by atoms with Gasteiger partial charge in [0, 0.05) is 12.4 Å². The Morgan fingerprint density at radius 2 is 2.11 bits per heavy atom. The molecular formula is C12H16ClN5O. The number of hydrogen-bond acceptors (Lipinski definition) is 5. The Balaban J connectivity index is 1.97. The van der Waals surface area contributed by atoms with E-state index in [0.717, 1.165) is 12.8 Å². The Morgan fingerprint density at radius 1 is 1.21 bits per heavy atom. The maximum absolute atomic E-state index is 5.85. The molecule has 6 nitrogen and oxygen atoms in total. The van der Waals surface area contributed by atoms with E-state index in [-0.39, 0.29) is 11.3 Å². The minimum atomic E-state index is 0.113. The van der Waals surface area contributed by atoms with Gasteiger partial charge in [-0.15, -0.1) is 0 Å². The van der Waals surface area contributed by atoms with Crippen LogP contribution in [0.3, 0.4) is 0 Å². The summed E-state index contributed by atoms with van der Waals surface area (Å²) >= 11 is 5.85. The Hall–Kier alpha value is -1.69. The van der Waals surface area contributed by atoms with Crippen LogP contribution >= 0.6 is 11.6 Å². The minimum Gasteiger partial charge on any atom is -0.463 e. The molecule has 0 spiro atoms. The second kappa shape index (κ2) is 7.04. The molecule has 0 aliphatic carbocycles. The molecule has 2 aromatic rings. The van der Waals surface area contributed by atoms with E-state index < -0.39 is 0 Å². The molecule has 0 unspecified atom stereocenters. The van der Waals surface area contributed by atoms with Gasteiger partial charge in [0.2, 0.25) is 11.2 Å². The molecule has 0 bridgehead atoms. The lowest BCUT2D eigenvalue weighted by Gasteiger charge is -2.06. The summed E-state index contributed by atoms with van der Waals surface area (Å²) in [7, 11) is 0. The smallest absolute Gasteiger partial charge is 0.322 e. The van der Waals surface area contributed by atoms with Gasteiger partial charge in [-0.05, 0) is 18.0 Å². The lowest BCUT2D eigenvalue weighted by molar-refractivity contribution is 0.280. The molecule has 7 heteroatoms. The topological polar surface area (TPSA) is 65.7 Å². The fourth-order valence-corrected chi connectivity index (χ4v) is 1.72. The maximum atomic E-state index is 5.85. The number of unbranched alkanes of at least 4 members (excludes halogenated alkanes) is 3. The number of rotatable bonds is 7. The largest absolute Gasteiger partial charge is 0.463 e. The minimum absolute atomic E-state index is 0.113. The highest BCUT2D eigenvalue weighted by molar-refractivity contribution is 6.28. The predicted octanol–water partition coefficient (Wildman–Crippen LogP) is 2.67. The lowest BCUT2D eigenvalue weighted by Crippen LogP contribution is -2.06. The zero-order valence-corrected chi connectivity index (χ0v) is 11.5. The zero-order chi connectivity index (χ0) is 13.5. The monoisotopic (exact) mass is 281 g/mol. The van der Waals surface area contributed by atoms with Crippen LogP contribution < -0.4 is 4.74 Å². The Morgan fingerprint density at radius 3 is 2.84 bits per heavy atom. The quantitative estimate of drug-likeness (QED) is 0.730. The summed E-state index contributed by atoms with van der Waals surface area (Å²) in [5.41, 5.74) is 0. The average molecular weight is 282 g/mol. The van der Waals surface area contributed by atoms with Crippen molar-refractivity contribution in [1.29, 1.82) is 0 Å². The summed E-state index contributed by atoms with van der Waals surface area (Å²) in [4.78, 5) is 16.1. The van der Waals surface area contributed by atoms with Gasteiger partial charge in [-0.25, -0.2) is 4.98 Å². The highest BCUT2D eigenvalue weighted by atomic mass is 35.5. The zero-order valence-electron chi connectivity index (χ0n) is 10.8. The van der Waals surface area contributed by atoms with Gasteiger partial charge >= 0.3 is 6.01 Å². The summed E-state index contributed by atoms with van der Waals surface area (Å²) in [5.74, 6) is 0.404. The van der Waals surface area contributed by atoms with Crippen LogP contribution in [0.2, 0.25) is 5.28 Å². The molecule has 0 saturated carbocycles. The van der Waals surface area contributed by atoms with Crippen LogP contribution in [0.25, 0.3) is 5.95 Å². The second-order valence-corrected chi connectivity index (χ2v) is 4.40. The molecule has 0 aliphatic heterocycles. The number of ether oxygens (including phenoxy) is 1. The molecular weight excluding hydrogens is 266 g/mol. The second-order valence-electron chi connectivity index (χ2n) is 4.07. The predicted molar refractivity (Wildman–Crippen MR) is 71.6 cm³/mol. The number of imidazole rings is 1. The van der Waals surface area contributed by atoms with Crippen LogP contribution in [0.15, 0.2) is 18.7 Å². The van der Waals surface area contributed by atoms with Gasteiger partial charge in [0.25, 0.3) is 0 Å². The Kier molecular flexibility index (Phi) is 5.09. The first kappa shape index (κ1) is 13.7. The number of halogens is 1. The number of nitrogens with zero attached hydrogens (tertiary/aromatic N) is 5. The van der Waals surface area contributed by atoms with E-state index in [9.17, 15) is 0 Å². The van der Waals surface area contributed by atoms with Crippen molar-refractivity contribution < 1.29 is 4.74 Å². The summed E-state index contributed by atoms with van der Waals surface area (Å²) in [6, 6.07) is 0.250. The highest BCUT2D eigenvalue weighted by Gasteiger charge is 2.07. The Bertz CT molecular complexity index is 503. The molecule has 102 valence electrons. The lowest BCUT2D eigenvalue weighted by atomic mass is 10.2. The van der Waals surface area contributed by atoms with E-state index in [1.54, 1.807) is 23.3 Å². The maximum Gasteiger partial charge on any atom is 0.322 e. The van der Waals surface area contributed by atoms with E-state index in [1.165, 1.54) is 12.8 Å². The van der Waals surface area contributed by atoms with Gasteiger partial charge in [-0.2, -0.15) is 15.0 Å². The van der Waals surface area contributed by atoms with Crippen molar-refractivity contribution in [2.45, 2.75) is 32.6 Å². The molecule has 0 amide bonds. The average Bonchev–Trinajstić information content (AvgIpc) is 2.92. The molecule has 0 aliphatic rings. The standard InChI is InChI=1S/C12H16ClN5O/c1-2-3-4-5-8-19-12-16-10(13)15-11(17-12)18-7-6-14-9-18/h6-7,9H,2-5,8H2,1H3. The van der Waals surface area contributed by atoms with Gasteiger partial charge in [0.1, 0.15) is 6.33 Å². The van der Waals surface area contributed by atoms with Crippen LogP contribution in [0, 0.1) is 0 Å².